The monoisotopic (exact) mass is 547 g/mol. The van der Waals surface area contributed by atoms with E-state index in [1.54, 1.807) is 47.9 Å². The first-order chi connectivity index (χ1) is 15.2. The maximum Gasteiger partial charge on any atom is 0.379 e. The fraction of sp³-hybridized carbons (Fsp3) is 0.130. The van der Waals surface area contributed by atoms with Gasteiger partial charge >= 0.3 is 11.9 Å². The third kappa shape index (κ3) is 5.05. The number of aromatic nitrogens is 1. The normalized spacial score (nSPS) is 11.4. The van der Waals surface area contributed by atoms with E-state index in [2.05, 4.69) is 4.74 Å². The Bertz CT molecular complexity index is 1320. The van der Waals surface area contributed by atoms with Gasteiger partial charge in [0, 0.05) is 33.3 Å². The van der Waals surface area contributed by atoms with Crippen molar-refractivity contribution in [2.24, 2.45) is 0 Å². The molecule has 0 saturated carbocycles. The molecule has 1 aromatic heterocycles. The van der Waals surface area contributed by atoms with Crippen LogP contribution in [0.4, 0.5) is 0 Å². The quantitative estimate of drug-likeness (QED) is 0.153. The number of aromatic carboxylic acids is 1. The van der Waals surface area contributed by atoms with E-state index in [1.807, 2.05) is 28.7 Å². The summed E-state index contributed by atoms with van der Waals surface area (Å²) in [4.78, 5) is 47.4. The van der Waals surface area contributed by atoms with Crippen LogP contribution >= 0.6 is 22.6 Å². The van der Waals surface area contributed by atoms with Gasteiger partial charge < -0.3 is 19.5 Å². The van der Waals surface area contributed by atoms with Gasteiger partial charge in [-0.3, -0.25) is 9.59 Å². The fourth-order valence-corrected chi connectivity index (χ4v) is 3.64. The molecule has 0 fully saturated rings. The molecule has 0 saturated heterocycles. The molecule has 3 aromatic rings. The molecule has 0 unspecified atom stereocenters. The molecule has 0 radical (unpaired) electrons. The van der Waals surface area contributed by atoms with E-state index in [0.717, 1.165) is 9.65 Å². The second kappa shape index (κ2) is 9.77. The molecule has 9 heteroatoms. The lowest BCUT2D eigenvalue weighted by molar-refractivity contribution is -0.151. The number of esters is 1. The Morgan fingerprint density at radius 2 is 1.88 bits per heavy atom. The number of carboxylic acids is 1. The average Bonchev–Trinajstić information content (AvgIpc) is 2.75. The molecule has 3 rings (SSSR count). The molecule has 0 bridgehead atoms. The van der Waals surface area contributed by atoms with E-state index in [9.17, 15) is 29.4 Å². The van der Waals surface area contributed by atoms with Crippen molar-refractivity contribution in [3.63, 3.8) is 0 Å². The van der Waals surface area contributed by atoms with Crippen molar-refractivity contribution in [1.82, 2.24) is 4.57 Å². The predicted molar refractivity (Wildman–Crippen MR) is 126 cm³/mol. The summed E-state index contributed by atoms with van der Waals surface area (Å²) in [5.74, 6) is -3.78. The van der Waals surface area contributed by atoms with E-state index in [-0.39, 0.29) is 24.1 Å². The van der Waals surface area contributed by atoms with Gasteiger partial charge in [0.25, 0.3) is 5.78 Å². The maximum absolute atomic E-state index is 12.6. The maximum atomic E-state index is 12.6. The first-order valence-electron chi connectivity index (χ1n) is 9.48. The Hall–Kier alpha value is -3.47. The van der Waals surface area contributed by atoms with Gasteiger partial charge in [-0.25, -0.2) is 9.59 Å². The largest absolute Gasteiger partial charge is 0.507 e. The van der Waals surface area contributed by atoms with Crippen LogP contribution < -0.4 is 5.43 Å². The van der Waals surface area contributed by atoms with Crippen LogP contribution in [0.1, 0.15) is 28.4 Å². The third-order valence-corrected chi connectivity index (χ3v) is 5.26. The third-order valence-electron chi connectivity index (χ3n) is 4.59. The molecule has 2 aromatic carbocycles. The van der Waals surface area contributed by atoms with E-state index in [1.165, 1.54) is 6.20 Å². The summed E-state index contributed by atoms with van der Waals surface area (Å²) in [6.45, 7) is 1.81. The van der Waals surface area contributed by atoms with Gasteiger partial charge in [0.2, 0.25) is 5.43 Å². The standard InChI is InChI=1S/C23H18INO7/c1-2-32-23(31)20(27)10-19(26)14-5-3-4-13(8-14)11-25-12-17(22(29)30)21(28)16-9-15(24)6-7-18(16)25/h3-10,12,26H,2,11H2,1H3,(H,29,30)/b19-10-. The summed E-state index contributed by atoms with van der Waals surface area (Å²) >= 11 is 2.05. The van der Waals surface area contributed by atoms with E-state index < -0.39 is 28.9 Å². The molecule has 2 N–H and O–H groups in total. The summed E-state index contributed by atoms with van der Waals surface area (Å²) in [5, 5.41) is 20.0. The number of ether oxygens (including phenoxy) is 1. The number of benzene rings is 2. The minimum atomic E-state index is -1.32. The van der Waals surface area contributed by atoms with Crippen molar-refractivity contribution in [3.05, 3.63) is 85.2 Å². The SMILES string of the molecule is CCOC(=O)C(=O)/C=C(\O)c1cccc(Cn2cc(C(=O)O)c(=O)c3cc(I)ccc32)c1. The van der Waals surface area contributed by atoms with Crippen LogP contribution in [0.25, 0.3) is 16.7 Å². The van der Waals surface area contributed by atoms with E-state index >= 15 is 0 Å². The number of fused-ring (bicyclic) bond motifs is 1. The van der Waals surface area contributed by atoms with Crippen LogP contribution in [0.15, 0.2) is 59.5 Å². The van der Waals surface area contributed by atoms with Gasteiger partial charge in [-0.1, -0.05) is 18.2 Å². The second-order valence-electron chi connectivity index (χ2n) is 6.78. The summed E-state index contributed by atoms with van der Waals surface area (Å²) in [5.41, 5.74) is 0.611. The lowest BCUT2D eigenvalue weighted by atomic mass is 10.1. The number of halogens is 1. The highest BCUT2D eigenvalue weighted by Gasteiger charge is 2.16. The van der Waals surface area contributed by atoms with Crippen molar-refractivity contribution < 1.29 is 29.3 Å². The molecule has 8 nitrogen and oxygen atoms in total. The number of ketones is 1. The van der Waals surface area contributed by atoms with E-state index in [0.29, 0.717) is 16.6 Å². The first-order valence-corrected chi connectivity index (χ1v) is 10.6. The first kappa shape index (κ1) is 23.2. The van der Waals surface area contributed by atoms with Crippen LogP contribution in [0.3, 0.4) is 0 Å². The number of aliphatic hydroxyl groups is 1. The zero-order valence-electron chi connectivity index (χ0n) is 16.9. The molecule has 164 valence electrons. The number of pyridine rings is 1. The molecule has 1 heterocycles. The Kier molecular flexibility index (Phi) is 7.08. The van der Waals surface area contributed by atoms with Gasteiger partial charge in [-0.05, 0) is 59.3 Å². The molecule has 0 aliphatic carbocycles. The summed E-state index contributed by atoms with van der Waals surface area (Å²) < 4.78 is 7.05. The highest BCUT2D eigenvalue weighted by atomic mass is 127. The van der Waals surface area contributed by atoms with Crippen LogP contribution in [0.5, 0.6) is 0 Å². The van der Waals surface area contributed by atoms with Crippen molar-refractivity contribution in [2.45, 2.75) is 13.5 Å². The van der Waals surface area contributed by atoms with Gasteiger partial charge in [-0.15, -0.1) is 0 Å². The fourth-order valence-electron chi connectivity index (χ4n) is 3.15. The number of carboxylic acid groups (broad SMARTS) is 1. The second-order valence-corrected chi connectivity index (χ2v) is 8.03. The molecular weight excluding hydrogens is 529 g/mol. The van der Waals surface area contributed by atoms with Gasteiger partial charge in [-0.2, -0.15) is 0 Å². The number of rotatable bonds is 7. The predicted octanol–water partition coefficient (Wildman–Crippen LogP) is 3.38. The highest BCUT2D eigenvalue weighted by molar-refractivity contribution is 14.1. The van der Waals surface area contributed by atoms with Crippen LogP contribution in [0.2, 0.25) is 0 Å². The Morgan fingerprint density at radius 1 is 1.12 bits per heavy atom. The number of aliphatic hydroxyl groups excluding tert-OH is 1. The van der Waals surface area contributed by atoms with Crippen LogP contribution in [-0.2, 0) is 20.9 Å². The Balaban J connectivity index is 2.01. The molecule has 0 aliphatic rings. The van der Waals surface area contributed by atoms with Crippen LogP contribution in [-0.4, -0.2) is 39.1 Å². The number of carbonyl (C=O) groups is 3. The zero-order chi connectivity index (χ0) is 23.4. The minimum Gasteiger partial charge on any atom is -0.507 e. The number of hydrogen-bond donors (Lipinski definition) is 2. The van der Waals surface area contributed by atoms with Crippen molar-refractivity contribution in [1.29, 1.82) is 0 Å². The van der Waals surface area contributed by atoms with Crippen LogP contribution in [0, 0.1) is 3.57 Å². The summed E-state index contributed by atoms with van der Waals surface area (Å²) in [6.07, 6.45) is 2.07. The van der Waals surface area contributed by atoms with Gasteiger partial charge in [0.1, 0.15) is 11.3 Å². The molecule has 0 spiro atoms. The Morgan fingerprint density at radius 3 is 2.56 bits per heavy atom. The van der Waals surface area contributed by atoms with Crippen molar-refractivity contribution in [3.8, 4) is 0 Å². The minimum absolute atomic E-state index is 0.0410. The lowest BCUT2D eigenvalue weighted by Gasteiger charge is -2.13. The molecular formula is C23H18INO7. The number of nitrogens with zero attached hydrogens (tertiary/aromatic N) is 1. The lowest BCUT2D eigenvalue weighted by Crippen LogP contribution is -2.19. The molecule has 0 aliphatic heterocycles. The topological polar surface area (TPSA) is 123 Å². The highest BCUT2D eigenvalue weighted by Crippen LogP contribution is 2.19. The Labute approximate surface area is 195 Å². The number of hydrogen-bond acceptors (Lipinski definition) is 6. The molecule has 32 heavy (non-hydrogen) atoms. The zero-order valence-corrected chi connectivity index (χ0v) is 19.0. The summed E-state index contributed by atoms with van der Waals surface area (Å²) in [6, 6.07) is 11.7. The molecule has 0 atom stereocenters. The van der Waals surface area contributed by atoms with Crippen molar-refractivity contribution >= 4 is 57.0 Å². The number of carbonyl (C=O) groups excluding carboxylic acids is 2. The van der Waals surface area contributed by atoms with E-state index in [4.69, 9.17) is 0 Å². The molecule has 0 amide bonds. The summed E-state index contributed by atoms with van der Waals surface area (Å²) in [7, 11) is 0. The van der Waals surface area contributed by atoms with Gasteiger partial charge in [0.05, 0.1) is 12.1 Å². The van der Waals surface area contributed by atoms with Crippen molar-refractivity contribution in [2.75, 3.05) is 6.61 Å². The smallest absolute Gasteiger partial charge is 0.379 e. The van der Waals surface area contributed by atoms with Gasteiger partial charge in [0.15, 0.2) is 0 Å². The average molecular weight is 547 g/mol.